The summed E-state index contributed by atoms with van der Waals surface area (Å²) in [5.41, 5.74) is 3.89. The molecule has 0 radical (unpaired) electrons. The second-order valence-corrected chi connectivity index (χ2v) is 47.6. The Bertz CT molecular complexity index is 6760. The van der Waals surface area contributed by atoms with Gasteiger partial charge < -0.3 is 9.97 Å². The zero-order valence-corrected chi connectivity index (χ0v) is 78.6. The number of thioether (sulfide) groups is 8. The van der Waals surface area contributed by atoms with E-state index < -0.39 is 42.0 Å². The van der Waals surface area contributed by atoms with Crippen molar-refractivity contribution in [2.75, 3.05) is 0 Å². The van der Waals surface area contributed by atoms with E-state index in [-0.39, 0.29) is 23.3 Å². The van der Waals surface area contributed by atoms with Gasteiger partial charge in [-0.3, -0.25) is 0 Å². The van der Waals surface area contributed by atoms with Crippen LogP contribution in [0, 0.1) is 114 Å². The first-order valence-corrected chi connectivity index (χ1v) is 52.8. The third-order valence-electron chi connectivity index (χ3n) is 20.7. The Kier molecular flexibility index (Phi) is 24.3. The fourth-order valence-electron chi connectivity index (χ4n) is 15.0. The lowest BCUT2D eigenvalue weighted by molar-refractivity contribution is 0.950. The predicted molar refractivity (Wildman–Crippen MR) is 521 cm³/mol. The largest absolute Gasteiger partial charge is 0.324 e. The Labute approximate surface area is 801 Å². The zero-order valence-electron chi connectivity index (χ0n) is 65.5. The van der Waals surface area contributed by atoms with E-state index in [1.807, 2.05) is 146 Å². The molecule has 8 bridgehead atoms. The lowest BCUT2D eigenvalue weighted by Gasteiger charge is -2.18. The molecule has 15 aromatic rings. The van der Waals surface area contributed by atoms with Crippen LogP contribution in [0.5, 0.6) is 0 Å². The van der Waals surface area contributed by atoms with Crippen molar-refractivity contribution in [3.63, 3.8) is 0 Å². The lowest BCUT2D eigenvalue weighted by atomic mass is 10.1. The molecule has 0 spiro atoms. The molecule has 0 amide bonds. The summed E-state index contributed by atoms with van der Waals surface area (Å²) in [5.74, 6) is -3.14. The van der Waals surface area contributed by atoms with Crippen LogP contribution in [0.4, 0.5) is 0 Å². The molecule has 0 saturated carbocycles. The average Bonchev–Trinajstić information content (AvgIpc) is 1.55. The van der Waals surface area contributed by atoms with Crippen molar-refractivity contribution in [2.24, 2.45) is 23.7 Å². The van der Waals surface area contributed by atoms with Crippen LogP contribution in [-0.4, -0.2) is 58.2 Å². The highest BCUT2D eigenvalue weighted by molar-refractivity contribution is 8.21. The summed E-state index contributed by atoms with van der Waals surface area (Å²) in [5, 5.41) is 90.7. The molecule has 2 N–H and O–H groups in total. The summed E-state index contributed by atoms with van der Waals surface area (Å²) in [6, 6.07) is 99.8. The first-order chi connectivity index (χ1) is 63.1. The molecule has 6 aliphatic rings. The number of nitrogens with one attached hydrogen (secondary N) is 2. The standard InChI is InChI=1S/C96H50N16S16/c97-41-49(42-98)93-121-77-69(113-53-25-9-1-10-26-53)61-62(70(78(77)122-93)114-54-27-11-2-12-28-54)86-105-85(61)109-87-63-64(72(116-56-31-15-4-16-32-56)80-79(123-94(124-80)50(43-99)44-100)71(63)115-55-29-13-3-14-30-55)89(106-87)111-91-67-68(76(120-60-39-23-8-24-40-60)84-83(127-96(128-84)52(47-103)48-104)75(67)119-59-37-21-7-22-38-59)92(108-91)112-90-66-65(88(107-90)110-86)73(117-57-33-17-5-18-34-57)81-82(126-95(125-81)51(45-101)46-102)74(66)118-58-35-19-6-20-36-58/h1-40,49-52,93-96H,(H2,105,106,107,108,109,110,111,112). The maximum Gasteiger partial charge on any atom is 0.165 e. The molecule has 610 valence electrons. The first-order valence-electron chi connectivity index (χ1n) is 39.2. The highest BCUT2D eigenvalue weighted by atomic mass is 32.2. The second kappa shape index (κ2) is 36.8. The minimum Gasteiger partial charge on any atom is -0.324 e. The van der Waals surface area contributed by atoms with Crippen molar-refractivity contribution in [2.45, 2.75) is 136 Å². The van der Waals surface area contributed by atoms with Gasteiger partial charge in [0.15, 0.2) is 47.0 Å². The topological polar surface area (TPSA) is 299 Å². The second-order valence-electron chi connectivity index (χ2n) is 28.6. The van der Waals surface area contributed by atoms with E-state index in [1.165, 1.54) is 141 Å². The van der Waals surface area contributed by atoms with E-state index in [0.29, 0.717) is 66.4 Å². The van der Waals surface area contributed by atoms with Gasteiger partial charge in [0.05, 0.1) is 66.9 Å². The summed E-state index contributed by atoms with van der Waals surface area (Å²) in [6.45, 7) is 0. The number of aromatic nitrogens is 8. The SMILES string of the molecule is N#CC(C#N)C1Sc2c(c(Sc3ccccc3)c3c(c2Sc2ccccc2)-c2nc-3nc3[nH]c(nc4nc(nc5[nH]c(n2)c2c(Sc6ccccc6)c6c(c(Sc7ccccc7)c52)SC(C(C#N)C#N)S6)-c2c(Sc5ccccc5)c5c(c(Sc6ccccc6)c2-4)SC(C(C#N)C#N)S5)c2c(Sc4ccccc4)c4c(c(Sc5ccccc5)c32)SC(C(C#N)C#N)S4)S1. The molecule has 0 unspecified atom stereocenters. The fourth-order valence-corrected chi connectivity index (χ4v) is 37.4. The van der Waals surface area contributed by atoms with E-state index in [1.54, 1.807) is 47.0 Å². The summed E-state index contributed by atoms with van der Waals surface area (Å²) in [6.07, 6.45) is 0. The van der Waals surface area contributed by atoms with Gasteiger partial charge in [0.2, 0.25) is 0 Å². The van der Waals surface area contributed by atoms with Gasteiger partial charge in [-0.2, -0.15) is 42.1 Å². The molecule has 9 heterocycles. The van der Waals surface area contributed by atoms with Crippen LogP contribution in [0.2, 0.25) is 0 Å². The molecule has 0 saturated heterocycles. The van der Waals surface area contributed by atoms with Gasteiger partial charge >= 0.3 is 0 Å². The summed E-state index contributed by atoms with van der Waals surface area (Å²) < 4.78 is -2.35. The molecule has 12 aromatic carbocycles. The van der Waals surface area contributed by atoms with Crippen molar-refractivity contribution in [1.82, 2.24) is 39.9 Å². The average molecular weight is 1940 g/mol. The fraction of sp³-hybridized carbons (Fsp3) is 0.0833. The van der Waals surface area contributed by atoms with Crippen LogP contribution in [0.3, 0.4) is 0 Å². The lowest BCUT2D eigenvalue weighted by Crippen LogP contribution is -2.06. The van der Waals surface area contributed by atoms with Crippen LogP contribution < -0.4 is 0 Å². The number of hydrogen-bond acceptors (Lipinski definition) is 30. The summed E-state index contributed by atoms with van der Waals surface area (Å²) in [4.78, 5) is 64.6. The van der Waals surface area contributed by atoms with Crippen molar-refractivity contribution >= 4 is 232 Å². The number of benzene rings is 12. The van der Waals surface area contributed by atoms with Gasteiger partial charge in [-0.05, 0) is 97.1 Å². The normalized spacial score (nSPS) is 15.4. The Hall–Kier alpha value is -10.5. The molecule has 3 aromatic heterocycles. The van der Waals surface area contributed by atoms with Crippen molar-refractivity contribution in [3.8, 4) is 94.1 Å². The Balaban J connectivity index is 1.02. The number of hydrogen-bond donors (Lipinski definition) is 2. The van der Waals surface area contributed by atoms with Gasteiger partial charge in [-0.15, -0.1) is 94.1 Å². The Morgan fingerprint density at radius 1 is 0.211 bits per heavy atom. The molecule has 128 heavy (non-hydrogen) atoms. The van der Waals surface area contributed by atoms with Gasteiger partial charge in [0.25, 0.3) is 0 Å². The zero-order chi connectivity index (χ0) is 86.6. The molecular formula is C96H50N16S16. The summed E-state index contributed by atoms with van der Waals surface area (Å²) in [7, 11) is 0. The Morgan fingerprint density at radius 2 is 0.359 bits per heavy atom. The van der Waals surface area contributed by atoms with Gasteiger partial charge in [0.1, 0.15) is 22.6 Å². The van der Waals surface area contributed by atoms with E-state index >= 15 is 0 Å². The van der Waals surface area contributed by atoms with Crippen LogP contribution in [0.25, 0.3) is 89.7 Å². The third kappa shape index (κ3) is 15.8. The molecule has 6 aliphatic heterocycles. The molecule has 0 aliphatic carbocycles. The maximum atomic E-state index is 11.0. The van der Waals surface area contributed by atoms with Crippen LogP contribution >= 0.6 is 188 Å². The van der Waals surface area contributed by atoms with Crippen LogP contribution in [0.1, 0.15) is 0 Å². The quantitative estimate of drug-likeness (QED) is 0.0716. The van der Waals surface area contributed by atoms with Gasteiger partial charge in [0, 0.05) is 161 Å². The van der Waals surface area contributed by atoms with Crippen molar-refractivity contribution < 1.29 is 0 Å². The maximum absolute atomic E-state index is 11.0. The van der Waals surface area contributed by atoms with E-state index in [9.17, 15) is 42.1 Å². The highest BCUT2D eigenvalue weighted by Crippen LogP contribution is 2.69. The minimum absolute atomic E-state index is 0.260. The number of H-pyrrole nitrogens is 2. The third-order valence-corrected chi connectivity index (χ3v) is 42.7. The number of fused-ring (bicyclic) bond motifs is 24. The molecule has 0 fully saturated rings. The van der Waals surface area contributed by atoms with Gasteiger partial charge in [-0.25, -0.2) is 29.9 Å². The molecule has 21 rings (SSSR count). The molecular weight excluding hydrogens is 1890 g/mol. The van der Waals surface area contributed by atoms with Crippen molar-refractivity contribution in [1.29, 1.82) is 42.1 Å². The number of aromatic amines is 2. The monoisotopic (exact) mass is 1940 g/mol. The number of nitrogens with zero attached hydrogens (tertiary/aromatic N) is 14. The van der Waals surface area contributed by atoms with Gasteiger partial charge in [-0.1, -0.05) is 240 Å². The number of rotatable bonds is 20. The molecule has 16 nitrogen and oxygen atoms in total. The predicted octanol–water partition coefficient (Wildman–Crippen LogP) is 28.8. The van der Waals surface area contributed by atoms with Crippen molar-refractivity contribution in [3.05, 3.63) is 243 Å². The highest BCUT2D eigenvalue weighted by Gasteiger charge is 2.46. The Morgan fingerprint density at radius 3 is 0.516 bits per heavy atom. The minimum atomic E-state index is -1.05. The molecule has 32 heteroatoms. The number of nitriles is 8. The smallest absolute Gasteiger partial charge is 0.165 e. The van der Waals surface area contributed by atoms with E-state index in [0.717, 1.165) is 117 Å². The van der Waals surface area contributed by atoms with E-state index in [2.05, 4.69) is 156 Å². The van der Waals surface area contributed by atoms with E-state index in [4.69, 9.17) is 29.9 Å². The first kappa shape index (κ1) is 84.4. The van der Waals surface area contributed by atoms with Crippen LogP contribution in [-0.2, 0) is 0 Å². The summed E-state index contributed by atoms with van der Waals surface area (Å²) >= 11 is 24.2. The molecule has 0 atom stereocenters. The van der Waals surface area contributed by atoms with Crippen LogP contribution in [0.15, 0.2) is 360 Å².